The van der Waals surface area contributed by atoms with E-state index in [1.807, 2.05) is 0 Å². The Balaban J connectivity index is 0.00000361. The lowest BCUT2D eigenvalue weighted by molar-refractivity contribution is -0.116. The smallest absolute Gasteiger partial charge is 0.272 e. The number of ether oxygens (including phenoxy) is 1. The van der Waals surface area contributed by atoms with Crippen LogP contribution in [0.1, 0.15) is 12.0 Å². The molecule has 0 aliphatic carbocycles. The van der Waals surface area contributed by atoms with E-state index < -0.39 is 13.0 Å². The molecule has 0 bridgehead atoms. The summed E-state index contributed by atoms with van der Waals surface area (Å²) in [4.78, 5) is 11.5. The van der Waals surface area contributed by atoms with Crippen molar-refractivity contribution in [3.63, 3.8) is 0 Å². The SMILES string of the molecule is CNCCC(=O)Nc1ccc(C)c(OCC(F)F)c1.Cl. The summed E-state index contributed by atoms with van der Waals surface area (Å²) in [6.07, 6.45) is -2.18. The number of nitrogens with one attached hydrogen (secondary N) is 2. The van der Waals surface area contributed by atoms with Crippen LogP contribution in [0.4, 0.5) is 14.5 Å². The van der Waals surface area contributed by atoms with Crippen molar-refractivity contribution in [3.05, 3.63) is 23.8 Å². The monoisotopic (exact) mass is 308 g/mol. The lowest BCUT2D eigenvalue weighted by Gasteiger charge is -2.11. The highest BCUT2D eigenvalue weighted by Gasteiger charge is 2.08. The zero-order valence-corrected chi connectivity index (χ0v) is 12.2. The average molecular weight is 309 g/mol. The molecule has 2 N–H and O–H groups in total. The van der Waals surface area contributed by atoms with Gasteiger partial charge in [0.1, 0.15) is 12.4 Å². The summed E-state index contributed by atoms with van der Waals surface area (Å²) in [6, 6.07) is 4.98. The summed E-state index contributed by atoms with van der Waals surface area (Å²) in [5.74, 6) is 0.213. The highest BCUT2D eigenvalue weighted by Crippen LogP contribution is 2.23. The maximum Gasteiger partial charge on any atom is 0.272 e. The predicted molar refractivity (Wildman–Crippen MR) is 77.1 cm³/mol. The van der Waals surface area contributed by atoms with Gasteiger partial charge in [0.15, 0.2) is 0 Å². The maximum absolute atomic E-state index is 12.1. The average Bonchev–Trinajstić information content (AvgIpc) is 2.37. The van der Waals surface area contributed by atoms with Gasteiger partial charge in [0.25, 0.3) is 6.43 Å². The van der Waals surface area contributed by atoms with E-state index in [1.54, 1.807) is 32.2 Å². The topological polar surface area (TPSA) is 50.4 Å². The molecule has 1 aromatic carbocycles. The number of carbonyl (C=O) groups is 1. The van der Waals surface area contributed by atoms with E-state index >= 15 is 0 Å². The van der Waals surface area contributed by atoms with Crippen LogP contribution < -0.4 is 15.4 Å². The second-order valence-electron chi connectivity index (χ2n) is 4.08. The summed E-state index contributed by atoms with van der Waals surface area (Å²) in [6.45, 7) is 1.68. The summed E-state index contributed by atoms with van der Waals surface area (Å²) < 4.78 is 29.2. The number of halogens is 3. The van der Waals surface area contributed by atoms with Gasteiger partial charge in [-0.25, -0.2) is 8.78 Å². The first-order valence-electron chi connectivity index (χ1n) is 5.99. The Morgan fingerprint density at radius 3 is 2.70 bits per heavy atom. The molecule has 0 aliphatic rings. The van der Waals surface area contributed by atoms with E-state index in [0.29, 0.717) is 24.4 Å². The van der Waals surface area contributed by atoms with Crippen molar-refractivity contribution in [1.29, 1.82) is 0 Å². The summed E-state index contributed by atoms with van der Waals surface area (Å²) in [7, 11) is 1.76. The molecule has 1 rings (SSSR count). The van der Waals surface area contributed by atoms with E-state index in [4.69, 9.17) is 4.74 Å². The van der Waals surface area contributed by atoms with Crippen molar-refractivity contribution < 1.29 is 18.3 Å². The third-order valence-electron chi connectivity index (χ3n) is 2.44. The molecule has 0 aliphatic heterocycles. The molecule has 0 spiro atoms. The lowest BCUT2D eigenvalue weighted by Crippen LogP contribution is -2.18. The molecule has 20 heavy (non-hydrogen) atoms. The maximum atomic E-state index is 12.1. The van der Waals surface area contributed by atoms with Crippen molar-refractivity contribution in [2.24, 2.45) is 0 Å². The zero-order valence-electron chi connectivity index (χ0n) is 11.4. The number of amides is 1. The fourth-order valence-corrected chi connectivity index (χ4v) is 1.45. The normalized spacial score (nSPS) is 10.1. The quantitative estimate of drug-likeness (QED) is 0.814. The molecule has 0 heterocycles. The Kier molecular flexibility index (Phi) is 8.83. The van der Waals surface area contributed by atoms with Crippen LogP contribution in [0, 0.1) is 6.92 Å². The molecule has 114 valence electrons. The molecular weight excluding hydrogens is 290 g/mol. The van der Waals surface area contributed by atoms with Crippen LogP contribution in [0.25, 0.3) is 0 Å². The first kappa shape index (κ1) is 18.6. The third kappa shape index (κ3) is 6.68. The molecule has 7 heteroatoms. The standard InChI is InChI=1S/C13H18F2N2O2.ClH/c1-9-3-4-10(17-13(18)5-6-16-2)7-11(9)19-8-12(14)15;/h3-4,7,12,16H,5-6,8H2,1-2H3,(H,17,18);1H. The van der Waals surface area contributed by atoms with Crippen molar-refractivity contribution in [1.82, 2.24) is 5.32 Å². The predicted octanol–water partition coefficient (Wildman–Crippen LogP) is 2.61. The van der Waals surface area contributed by atoms with E-state index in [9.17, 15) is 13.6 Å². The molecule has 0 unspecified atom stereocenters. The number of anilines is 1. The number of aryl methyl sites for hydroxylation is 1. The van der Waals surface area contributed by atoms with Crippen LogP contribution in [0.3, 0.4) is 0 Å². The molecule has 0 saturated carbocycles. The number of benzene rings is 1. The fraction of sp³-hybridized carbons (Fsp3) is 0.462. The Hall–Kier alpha value is -1.40. The Bertz CT molecular complexity index is 431. The first-order chi connectivity index (χ1) is 9.02. The second-order valence-corrected chi connectivity index (χ2v) is 4.08. The molecule has 0 atom stereocenters. The van der Waals surface area contributed by atoms with Gasteiger partial charge in [-0.3, -0.25) is 4.79 Å². The van der Waals surface area contributed by atoms with Crippen LogP contribution in [0.5, 0.6) is 5.75 Å². The molecule has 0 saturated heterocycles. The largest absolute Gasteiger partial charge is 0.487 e. The van der Waals surface area contributed by atoms with Gasteiger partial charge in [0.05, 0.1) is 0 Å². The minimum Gasteiger partial charge on any atom is -0.487 e. The molecule has 0 aromatic heterocycles. The van der Waals surface area contributed by atoms with Gasteiger partial charge in [-0.1, -0.05) is 6.07 Å². The van der Waals surface area contributed by atoms with Gasteiger partial charge >= 0.3 is 0 Å². The summed E-state index contributed by atoms with van der Waals surface area (Å²) in [5.41, 5.74) is 1.28. The number of hydrogen-bond acceptors (Lipinski definition) is 3. The summed E-state index contributed by atoms with van der Waals surface area (Å²) >= 11 is 0. The first-order valence-corrected chi connectivity index (χ1v) is 5.99. The van der Waals surface area contributed by atoms with Gasteiger partial charge in [0.2, 0.25) is 5.91 Å². The number of carbonyl (C=O) groups excluding carboxylic acids is 1. The summed E-state index contributed by atoms with van der Waals surface area (Å²) in [5, 5.41) is 5.55. The van der Waals surface area contributed by atoms with Crippen LogP contribution in [-0.2, 0) is 4.79 Å². The van der Waals surface area contributed by atoms with Crippen molar-refractivity contribution in [3.8, 4) is 5.75 Å². The van der Waals surface area contributed by atoms with Gasteiger partial charge in [-0.2, -0.15) is 0 Å². The van der Waals surface area contributed by atoms with Gasteiger partial charge in [0, 0.05) is 24.7 Å². The van der Waals surface area contributed by atoms with Crippen LogP contribution in [-0.4, -0.2) is 32.5 Å². The van der Waals surface area contributed by atoms with E-state index in [2.05, 4.69) is 10.6 Å². The highest BCUT2D eigenvalue weighted by molar-refractivity contribution is 5.91. The zero-order chi connectivity index (χ0) is 14.3. The highest BCUT2D eigenvalue weighted by atomic mass is 35.5. The number of rotatable bonds is 7. The fourth-order valence-electron chi connectivity index (χ4n) is 1.45. The Morgan fingerprint density at radius 2 is 2.10 bits per heavy atom. The van der Waals surface area contributed by atoms with Crippen molar-refractivity contribution in [2.75, 3.05) is 25.5 Å². The Morgan fingerprint density at radius 1 is 1.40 bits per heavy atom. The number of hydrogen-bond donors (Lipinski definition) is 2. The minimum absolute atomic E-state index is 0. The number of alkyl halides is 2. The van der Waals surface area contributed by atoms with E-state index in [1.165, 1.54) is 0 Å². The van der Waals surface area contributed by atoms with E-state index in [-0.39, 0.29) is 18.3 Å². The van der Waals surface area contributed by atoms with E-state index in [0.717, 1.165) is 5.56 Å². The second kappa shape index (κ2) is 9.50. The Labute approximate surface area is 123 Å². The van der Waals surface area contributed by atoms with Gasteiger partial charge < -0.3 is 15.4 Å². The molecule has 0 fully saturated rings. The van der Waals surface area contributed by atoms with Crippen LogP contribution in [0.2, 0.25) is 0 Å². The van der Waals surface area contributed by atoms with Gasteiger partial charge in [-0.05, 0) is 25.6 Å². The van der Waals surface area contributed by atoms with Crippen molar-refractivity contribution in [2.45, 2.75) is 19.8 Å². The van der Waals surface area contributed by atoms with Crippen LogP contribution >= 0.6 is 12.4 Å². The molecule has 1 amide bonds. The molecule has 1 aromatic rings. The minimum atomic E-state index is -2.52. The molecular formula is C13H19ClF2N2O2. The van der Waals surface area contributed by atoms with Crippen LogP contribution in [0.15, 0.2) is 18.2 Å². The molecule has 0 radical (unpaired) electrons. The lowest BCUT2D eigenvalue weighted by atomic mass is 10.2. The van der Waals surface area contributed by atoms with Crippen molar-refractivity contribution >= 4 is 24.0 Å². The third-order valence-corrected chi connectivity index (χ3v) is 2.44. The van der Waals surface area contributed by atoms with Gasteiger partial charge in [-0.15, -0.1) is 12.4 Å². The molecule has 4 nitrogen and oxygen atoms in total.